The molecule has 0 fully saturated rings. The number of phenols is 1. The molecule has 2 aromatic carbocycles. The number of aromatic nitrogens is 1. The molecule has 0 bridgehead atoms. The minimum atomic E-state index is -0.643. The molecule has 0 saturated heterocycles. The zero-order valence-corrected chi connectivity index (χ0v) is 13.8. The van der Waals surface area contributed by atoms with Gasteiger partial charge in [0.05, 0.1) is 10.6 Å². The maximum Gasteiger partial charge on any atom is 0.255 e. The third-order valence-electron chi connectivity index (χ3n) is 3.93. The van der Waals surface area contributed by atoms with Gasteiger partial charge in [0.2, 0.25) is 0 Å². The first-order valence-electron chi connectivity index (χ1n) is 7.46. The number of hydrogen-bond acceptors (Lipinski definition) is 2. The number of aryl methyl sites for hydroxylation is 1. The monoisotopic (exact) mass is 346 g/mol. The van der Waals surface area contributed by atoms with Gasteiger partial charge < -0.3 is 15.0 Å². The van der Waals surface area contributed by atoms with Crippen molar-refractivity contribution in [1.82, 2.24) is 9.88 Å². The molecule has 0 unspecified atom stereocenters. The Morgan fingerprint density at radius 2 is 2.12 bits per heavy atom. The molecule has 0 spiro atoms. The lowest BCUT2D eigenvalue weighted by Crippen LogP contribution is -2.26. The molecule has 24 heavy (non-hydrogen) atoms. The maximum atomic E-state index is 13.7. The molecule has 124 valence electrons. The molecule has 0 saturated carbocycles. The first-order chi connectivity index (χ1) is 11.5. The van der Waals surface area contributed by atoms with E-state index in [9.17, 15) is 14.3 Å². The van der Waals surface area contributed by atoms with Crippen LogP contribution in [0.5, 0.6) is 5.75 Å². The van der Waals surface area contributed by atoms with Crippen molar-refractivity contribution in [3.8, 4) is 5.75 Å². The van der Waals surface area contributed by atoms with Crippen LogP contribution in [0.2, 0.25) is 5.02 Å². The Bertz CT molecular complexity index is 901. The molecule has 3 rings (SSSR count). The molecule has 6 heteroatoms. The second-order valence-corrected chi connectivity index (χ2v) is 5.98. The van der Waals surface area contributed by atoms with Crippen LogP contribution in [-0.2, 0) is 13.5 Å². The van der Waals surface area contributed by atoms with Crippen molar-refractivity contribution in [2.24, 2.45) is 7.05 Å². The number of benzene rings is 2. The SMILES string of the molecule is Cn1cc(CCNC(=O)c2c(F)cccc2Cl)c2cc(O)ccc21. The van der Waals surface area contributed by atoms with Crippen LogP contribution in [-0.4, -0.2) is 22.1 Å². The van der Waals surface area contributed by atoms with Crippen molar-refractivity contribution < 1.29 is 14.3 Å². The molecule has 0 aliphatic heterocycles. The van der Waals surface area contributed by atoms with Gasteiger partial charge in [-0.05, 0) is 42.3 Å². The van der Waals surface area contributed by atoms with Gasteiger partial charge in [0.25, 0.3) is 5.91 Å². The van der Waals surface area contributed by atoms with Crippen molar-refractivity contribution in [3.05, 3.63) is 64.6 Å². The number of halogens is 2. The highest BCUT2D eigenvalue weighted by Gasteiger charge is 2.15. The van der Waals surface area contributed by atoms with Gasteiger partial charge in [-0.25, -0.2) is 4.39 Å². The lowest BCUT2D eigenvalue weighted by molar-refractivity contribution is 0.0950. The minimum absolute atomic E-state index is 0.0857. The van der Waals surface area contributed by atoms with E-state index in [4.69, 9.17) is 11.6 Å². The van der Waals surface area contributed by atoms with E-state index in [2.05, 4.69) is 5.32 Å². The van der Waals surface area contributed by atoms with Crippen LogP contribution in [0.15, 0.2) is 42.6 Å². The van der Waals surface area contributed by atoms with E-state index in [0.717, 1.165) is 16.5 Å². The number of rotatable bonds is 4. The lowest BCUT2D eigenvalue weighted by atomic mass is 10.1. The Kier molecular flexibility index (Phi) is 4.44. The number of hydrogen-bond donors (Lipinski definition) is 2. The molecule has 0 atom stereocenters. The molecule has 0 aliphatic carbocycles. The Labute approximate surface area is 143 Å². The Morgan fingerprint density at radius 1 is 1.33 bits per heavy atom. The van der Waals surface area contributed by atoms with Gasteiger partial charge in [-0.2, -0.15) is 0 Å². The molecule has 1 aromatic heterocycles. The van der Waals surface area contributed by atoms with E-state index in [1.807, 2.05) is 23.9 Å². The number of nitrogens with one attached hydrogen (secondary N) is 1. The van der Waals surface area contributed by atoms with Crippen molar-refractivity contribution in [3.63, 3.8) is 0 Å². The van der Waals surface area contributed by atoms with E-state index >= 15 is 0 Å². The van der Waals surface area contributed by atoms with Crippen LogP contribution >= 0.6 is 11.6 Å². The van der Waals surface area contributed by atoms with Gasteiger partial charge in [-0.3, -0.25) is 4.79 Å². The van der Waals surface area contributed by atoms with Gasteiger partial charge in [-0.15, -0.1) is 0 Å². The second kappa shape index (κ2) is 6.53. The summed E-state index contributed by atoms with van der Waals surface area (Å²) in [5, 5.41) is 13.3. The predicted molar refractivity (Wildman–Crippen MR) is 92.0 cm³/mol. The van der Waals surface area contributed by atoms with Crippen molar-refractivity contribution in [2.75, 3.05) is 6.54 Å². The van der Waals surface area contributed by atoms with Crippen LogP contribution in [0.4, 0.5) is 4.39 Å². The van der Waals surface area contributed by atoms with Gasteiger partial charge in [0.15, 0.2) is 0 Å². The van der Waals surface area contributed by atoms with E-state index in [1.165, 1.54) is 18.2 Å². The standard InChI is InChI=1S/C18H16ClFN2O2/c1-22-10-11(13-9-12(23)5-6-16(13)22)7-8-21-18(24)17-14(19)3-2-4-15(17)20/h2-6,9-10,23H,7-8H2,1H3,(H,21,24). The fourth-order valence-corrected chi connectivity index (χ4v) is 3.02. The van der Waals surface area contributed by atoms with E-state index in [-0.39, 0.29) is 16.3 Å². The number of fused-ring (bicyclic) bond motifs is 1. The lowest BCUT2D eigenvalue weighted by Gasteiger charge is -2.07. The van der Waals surface area contributed by atoms with Gasteiger partial charge in [0.1, 0.15) is 11.6 Å². The third-order valence-corrected chi connectivity index (χ3v) is 4.24. The average Bonchev–Trinajstić information content (AvgIpc) is 2.83. The van der Waals surface area contributed by atoms with Crippen LogP contribution in [0.1, 0.15) is 15.9 Å². The summed E-state index contributed by atoms with van der Waals surface area (Å²) in [7, 11) is 1.92. The number of aromatic hydroxyl groups is 1. The first kappa shape index (κ1) is 16.3. The molecule has 4 nitrogen and oxygen atoms in total. The number of amides is 1. The maximum absolute atomic E-state index is 13.7. The normalized spacial score (nSPS) is 11.0. The third kappa shape index (κ3) is 3.08. The predicted octanol–water partition coefficient (Wildman–Crippen LogP) is 3.65. The molecule has 3 aromatic rings. The first-order valence-corrected chi connectivity index (χ1v) is 7.84. The van der Waals surface area contributed by atoms with Crippen molar-refractivity contribution in [1.29, 1.82) is 0 Å². The summed E-state index contributed by atoms with van der Waals surface area (Å²) in [5.41, 5.74) is 1.84. The van der Waals surface area contributed by atoms with Gasteiger partial charge in [-0.1, -0.05) is 17.7 Å². The summed E-state index contributed by atoms with van der Waals surface area (Å²) in [6, 6.07) is 9.30. The van der Waals surface area contributed by atoms with Gasteiger partial charge >= 0.3 is 0 Å². The fraction of sp³-hybridized carbons (Fsp3) is 0.167. The summed E-state index contributed by atoms with van der Waals surface area (Å²) >= 11 is 5.89. The second-order valence-electron chi connectivity index (χ2n) is 5.57. The molecule has 0 radical (unpaired) electrons. The van der Waals surface area contributed by atoms with E-state index < -0.39 is 11.7 Å². The largest absolute Gasteiger partial charge is 0.508 e. The molecule has 0 aliphatic rings. The summed E-state index contributed by atoms with van der Waals surface area (Å²) < 4.78 is 15.7. The minimum Gasteiger partial charge on any atom is -0.508 e. The summed E-state index contributed by atoms with van der Waals surface area (Å²) in [4.78, 5) is 12.1. The topological polar surface area (TPSA) is 54.3 Å². The van der Waals surface area contributed by atoms with Crippen LogP contribution in [0, 0.1) is 5.82 Å². The smallest absolute Gasteiger partial charge is 0.255 e. The van der Waals surface area contributed by atoms with Crippen molar-refractivity contribution in [2.45, 2.75) is 6.42 Å². The van der Waals surface area contributed by atoms with Gasteiger partial charge in [0, 0.05) is 30.7 Å². The Hall–Kier alpha value is -2.53. The van der Waals surface area contributed by atoms with Crippen molar-refractivity contribution >= 4 is 28.4 Å². The zero-order valence-electron chi connectivity index (χ0n) is 13.0. The quantitative estimate of drug-likeness (QED) is 0.757. The van der Waals surface area contributed by atoms with Crippen LogP contribution < -0.4 is 5.32 Å². The highest BCUT2D eigenvalue weighted by molar-refractivity contribution is 6.33. The molecule has 1 heterocycles. The van der Waals surface area contributed by atoms with E-state index in [1.54, 1.807) is 12.1 Å². The average molecular weight is 347 g/mol. The van der Waals surface area contributed by atoms with Crippen LogP contribution in [0.3, 0.4) is 0 Å². The summed E-state index contributed by atoms with van der Waals surface area (Å²) in [5.74, 6) is -0.992. The molecule has 2 N–H and O–H groups in total. The molecule has 1 amide bonds. The molecular weight excluding hydrogens is 331 g/mol. The highest BCUT2D eigenvalue weighted by atomic mass is 35.5. The molecular formula is C18H16ClFN2O2. The highest BCUT2D eigenvalue weighted by Crippen LogP contribution is 2.25. The summed E-state index contributed by atoms with van der Waals surface area (Å²) in [6.45, 7) is 0.332. The van der Waals surface area contributed by atoms with Crippen LogP contribution in [0.25, 0.3) is 10.9 Å². The Balaban J connectivity index is 1.73. The number of phenolic OH excluding ortho intramolecular Hbond substituents is 1. The number of carbonyl (C=O) groups excluding carboxylic acids is 1. The Morgan fingerprint density at radius 3 is 2.88 bits per heavy atom. The number of nitrogens with zero attached hydrogens (tertiary/aromatic N) is 1. The number of carbonyl (C=O) groups is 1. The summed E-state index contributed by atoms with van der Waals surface area (Å²) in [6.07, 6.45) is 2.50. The zero-order chi connectivity index (χ0) is 17.3. The fourth-order valence-electron chi connectivity index (χ4n) is 2.77. The van der Waals surface area contributed by atoms with E-state index in [0.29, 0.717) is 13.0 Å².